The van der Waals surface area contributed by atoms with Gasteiger partial charge in [0, 0.05) is 35.9 Å². The van der Waals surface area contributed by atoms with Crippen LogP contribution in [0.2, 0.25) is 10.0 Å². The van der Waals surface area contributed by atoms with Crippen LogP contribution in [0.15, 0.2) is 84.9 Å². The second kappa shape index (κ2) is 7.62. The molecule has 4 aromatic rings. The Balaban J connectivity index is 1.65. The molecule has 0 spiro atoms. The average molecular weight is 419 g/mol. The zero-order valence-corrected chi connectivity index (χ0v) is 17.4. The summed E-state index contributed by atoms with van der Waals surface area (Å²) >= 11 is 12.7. The maximum Gasteiger partial charge on any atom is 0.0646 e. The molecule has 0 saturated heterocycles. The fraction of sp³-hybridized carbons (Fsp3) is 0.120. The van der Waals surface area contributed by atoms with Crippen LogP contribution in [0.1, 0.15) is 11.3 Å². The van der Waals surface area contributed by atoms with Gasteiger partial charge in [-0.25, -0.2) is 0 Å². The number of rotatable bonds is 3. The Bertz CT molecular complexity index is 1150. The van der Waals surface area contributed by atoms with E-state index in [1.165, 1.54) is 16.9 Å². The molecule has 1 aliphatic heterocycles. The van der Waals surface area contributed by atoms with Gasteiger partial charge in [0.1, 0.15) is 0 Å². The summed E-state index contributed by atoms with van der Waals surface area (Å²) in [5, 5.41) is 1.50. The molecule has 0 aliphatic carbocycles. The molecule has 29 heavy (non-hydrogen) atoms. The summed E-state index contributed by atoms with van der Waals surface area (Å²) < 4.78 is 2.32. The number of benzene rings is 3. The Hall–Kier alpha value is -2.68. The van der Waals surface area contributed by atoms with Crippen molar-refractivity contribution in [2.24, 2.45) is 0 Å². The fourth-order valence-corrected chi connectivity index (χ4v) is 4.48. The van der Waals surface area contributed by atoms with Gasteiger partial charge in [0.2, 0.25) is 0 Å². The number of nitrogens with zero attached hydrogens (tertiary/aromatic N) is 2. The lowest BCUT2D eigenvalue weighted by Crippen LogP contribution is -2.30. The van der Waals surface area contributed by atoms with Crippen LogP contribution in [0.5, 0.6) is 0 Å². The van der Waals surface area contributed by atoms with E-state index in [0.29, 0.717) is 0 Å². The maximum absolute atomic E-state index is 6.62. The molecule has 0 unspecified atom stereocenters. The van der Waals surface area contributed by atoms with Gasteiger partial charge in [-0.2, -0.15) is 0 Å². The first-order chi connectivity index (χ1) is 14.2. The smallest absolute Gasteiger partial charge is 0.0646 e. The molecule has 144 valence electrons. The van der Waals surface area contributed by atoms with E-state index in [2.05, 4.69) is 64.1 Å². The Morgan fingerprint density at radius 2 is 1.48 bits per heavy atom. The van der Waals surface area contributed by atoms with Crippen molar-refractivity contribution in [3.8, 4) is 16.9 Å². The predicted molar refractivity (Wildman–Crippen MR) is 122 cm³/mol. The summed E-state index contributed by atoms with van der Waals surface area (Å²) in [6, 6.07) is 29.0. The summed E-state index contributed by atoms with van der Waals surface area (Å²) in [6.07, 6.45) is 0.961. The van der Waals surface area contributed by atoms with Crippen molar-refractivity contribution in [1.29, 1.82) is 0 Å². The number of para-hydroxylation sites is 2. The van der Waals surface area contributed by atoms with Crippen molar-refractivity contribution in [3.63, 3.8) is 0 Å². The third-order valence-electron chi connectivity index (χ3n) is 5.53. The van der Waals surface area contributed by atoms with Crippen molar-refractivity contribution < 1.29 is 0 Å². The molecule has 1 aliphatic rings. The van der Waals surface area contributed by atoms with E-state index in [9.17, 15) is 0 Å². The van der Waals surface area contributed by atoms with Crippen molar-refractivity contribution in [1.82, 2.24) is 4.57 Å². The van der Waals surface area contributed by atoms with Crippen LogP contribution < -0.4 is 4.90 Å². The summed E-state index contributed by atoms with van der Waals surface area (Å²) in [5.41, 5.74) is 7.23. The Morgan fingerprint density at radius 3 is 2.24 bits per heavy atom. The fourth-order valence-electron chi connectivity index (χ4n) is 4.14. The monoisotopic (exact) mass is 418 g/mol. The largest absolute Gasteiger partial charge is 0.367 e. The van der Waals surface area contributed by atoms with Crippen LogP contribution in [0.3, 0.4) is 0 Å². The number of fused-ring (bicyclic) bond motifs is 1. The van der Waals surface area contributed by atoms with Gasteiger partial charge in [-0.3, -0.25) is 0 Å². The highest BCUT2D eigenvalue weighted by Gasteiger charge is 2.24. The van der Waals surface area contributed by atoms with E-state index in [1.807, 2.05) is 30.3 Å². The second-order valence-electron chi connectivity index (χ2n) is 7.30. The number of aromatic nitrogens is 1. The van der Waals surface area contributed by atoms with E-state index in [4.69, 9.17) is 23.2 Å². The minimum Gasteiger partial charge on any atom is -0.367 e. The lowest BCUT2D eigenvalue weighted by atomic mass is 10.1. The van der Waals surface area contributed by atoms with E-state index in [-0.39, 0.29) is 0 Å². The molecule has 3 aromatic carbocycles. The quantitative estimate of drug-likeness (QED) is 0.347. The van der Waals surface area contributed by atoms with Crippen molar-refractivity contribution >= 4 is 28.9 Å². The first kappa shape index (κ1) is 18.4. The topological polar surface area (TPSA) is 8.17 Å². The molecule has 1 aromatic heterocycles. The molecule has 0 N–H and O–H groups in total. The molecule has 0 bridgehead atoms. The maximum atomic E-state index is 6.62. The van der Waals surface area contributed by atoms with Gasteiger partial charge in [0.15, 0.2) is 0 Å². The number of hydrogen-bond acceptors (Lipinski definition) is 1. The normalized spacial score (nSPS) is 13.4. The summed E-state index contributed by atoms with van der Waals surface area (Å²) in [4.78, 5) is 2.44. The molecule has 0 saturated carbocycles. The third kappa shape index (κ3) is 3.43. The molecule has 0 radical (unpaired) electrons. The summed E-state index contributed by atoms with van der Waals surface area (Å²) in [5.74, 6) is 0. The van der Waals surface area contributed by atoms with Gasteiger partial charge >= 0.3 is 0 Å². The number of hydrogen-bond donors (Lipinski definition) is 0. The minimum absolute atomic E-state index is 0.740. The molecule has 2 nitrogen and oxygen atoms in total. The van der Waals surface area contributed by atoms with Gasteiger partial charge < -0.3 is 9.47 Å². The van der Waals surface area contributed by atoms with Gasteiger partial charge in [0.25, 0.3) is 0 Å². The number of halogens is 2. The highest BCUT2D eigenvalue weighted by Crippen LogP contribution is 2.36. The van der Waals surface area contributed by atoms with Gasteiger partial charge in [0.05, 0.1) is 16.4 Å². The van der Waals surface area contributed by atoms with Gasteiger partial charge in [-0.1, -0.05) is 65.7 Å². The molecule has 4 heteroatoms. The zero-order valence-electron chi connectivity index (χ0n) is 15.9. The molecule has 0 fully saturated rings. The van der Waals surface area contributed by atoms with Crippen LogP contribution in [0.25, 0.3) is 16.9 Å². The highest BCUT2D eigenvalue weighted by molar-refractivity contribution is 6.32. The number of anilines is 1. The summed E-state index contributed by atoms with van der Waals surface area (Å²) in [6.45, 7) is 1.86. The van der Waals surface area contributed by atoms with E-state index >= 15 is 0 Å². The molecule has 0 amide bonds. The van der Waals surface area contributed by atoms with E-state index < -0.39 is 0 Å². The Labute approximate surface area is 180 Å². The van der Waals surface area contributed by atoms with Crippen molar-refractivity contribution in [2.45, 2.75) is 13.0 Å². The van der Waals surface area contributed by atoms with Crippen LogP contribution in [0, 0.1) is 0 Å². The first-order valence-electron chi connectivity index (χ1n) is 9.75. The SMILES string of the molecule is Clc1ccc(-c2cc3c(n2-c2ccccc2Cl)CCN(c2ccccc2)C3)cc1. The Morgan fingerprint density at radius 1 is 0.759 bits per heavy atom. The molecular weight excluding hydrogens is 399 g/mol. The molecule has 2 heterocycles. The minimum atomic E-state index is 0.740. The van der Waals surface area contributed by atoms with E-state index in [0.717, 1.165) is 46.5 Å². The van der Waals surface area contributed by atoms with Crippen LogP contribution in [-0.2, 0) is 13.0 Å². The third-order valence-corrected chi connectivity index (χ3v) is 6.10. The van der Waals surface area contributed by atoms with E-state index in [1.54, 1.807) is 0 Å². The molecule has 0 atom stereocenters. The van der Waals surface area contributed by atoms with Gasteiger partial charge in [-0.15, -0.1) is 0 Å². The van der Waals surface area contributed by atoms with Crippen LogP contribution >= 0.6 is 23.2 Å². The lowest BCUT2D eigenvalue weighted by molar-refractivity contribution is 0.707. The second-order valence-corrected chi connectivity index (χ2v) is 8.15. The predicted octanol–water partition coefficient (Wildman–Crippen LogP) is 7.01. The summed E-state index contributed by atoms with van der Waals surface area (Å²) in [7, 11) is 0. The lowest BCUT2D eigenvalue weighted by Gasteiger charge is -2.30. The van der Waals surface area contributed by atoms with Crippen molar-refractivity contribution in [2.75, 3.05) is 11.4 Å². The van der Waals surface area contributed by atoms with Crippen LogP contribution in [-0.4, -0.2) is 11.1 Å². The van der Waals surface area contributed by atoms with Gasteiger partial charge in [-0.05, 0) is 53.6 Å². The molecule has 5 rings (SSSR count). The highest BCUT2D eigenvalue weighted by atomic mass is 35.5. The Kier molecular flexibility index (Phi) is 4.83. The van der Waals surface area contributed by atoms with Crippen LogP contribution in [0.4, 0.5) is 5.69 Å². The first-order valence-corrected chi connectivity index (χ1v) is 10.5. The zero-order chi connectivity index (χ0) is 19.8. The molecular formula is C25H20Cl2N2. The standard InChI is InChI=1S/C25H20Cl2N2/c26-20-12-10-18(11-13-20)25-16-19-17-28(21-6-2-1-3-7-21)15-14-23(19)29(25)24-9-5-4-8-22(24)27/h1-13,16H,14-15,17H2. The average Bonchev–Trinajstić information content (AvgIpc) is 3.14. The van der Waals surface area contributed by atoms with Crippen molar-refractivity contribution in [3.05, 3.63) is 106 Å².